The van der Waals surface area contributed by atoms with Crippen LogP contribution in [0.1, 0.15) is 32.6 Å². The summed E-state index contributed by atoms with van der Waals surface area (Å²) in [5, 5.41) is 12.9. The zero-order chi connectivity index (χ0) is 13.6. The first kappa shape index (κ1) is 17.2. The molecule has 6 nitrogen and oxygen atoms in total. The van der Waals surface area contributed by atoms with Crippen molar-refractivity contribution in [2.24, 2.45) is 0 Å². The first-order chi connectivity index (χ1) is 8.76. The number of likely N-dealkylation sites (N-methyl/N-ethyl adjacent to an activating group) is 1. The van der Waals surface area contributed by atoms with Gasteiger partial charge in [0.25, 0.3) is 0 Å². The van der Waals surface area contributed by atoms with Gasteiger partial charge in [0.05, 0.1) is 19.8 Å². The molecular formula is C12H26N2O4. The summed E-state index contributed by atoms with van der Waals surface area (Å²) in [5.74, 6) is 0. The van der Waals surface area contributed by atoms with E-state index in [4.69, 9.17) is 14.7 Å². The van der Waals surface area contributed by atoms with E-state index in [2.05, 4.69) is 5.32 Å². The molecule has 0 aromatic rings. The molecule has 0 radical (unpaired) electrons. The Morgan fingerprint density at radius 1 is 1.28 bits per heavy atom. The van der Waals surface area contributed by atoms with Crippen molar-refractivity contribution < 1.29 is 19.5 Å². The molecule has 0 heterocycles. The second-order valence-corrected chi connectivity index (χ2v) is 3.88. The minimum atomic E-state index is -0.434. The fourth-order valence-electron chi connectivity index (χ4n) is 1.38. The van der Waals surface area contributed by atoms with E-state index in [0.29, 0.717) is 26.3 Å². The Hall–Kier alpha value is -0.850. The molecule has 0 saturated heterocycles. The third-order valence-corrected chi connectivity index (χ3v) is 2.34. The van der Waals surface area contributed by atoms with Crippen LogP contribution < -0.4 is 5.32 Å². The molecule has 108 valence electrons. The van der Waals surface area contributed by atoms with Crippen LogP contribution in [-0.4, -0.2) is 56.2 Å². The van der Waals surface area contributed by atoms with E-state index in [0.717, 1.165) is 25.7 Å². The van der Waals surface area contributed by atoms with E-state index in [-0.39, 0.29) is 6.61 Å². The topological polar surface area (TPSA) is 71.0 Å². The van der Waals surface area contributed by atoms with Crippen molar-refractivity contribution in [1.82, 2.24) is 10.4 Å². The van der Waals surface area contributed by atoms with Crippen LogP contribution >= 0.6 is 0 Å². The van der Waals surface area contributed by atoms with Crippen molar-refractivity contribution in [2.75, 3.05) is 40.0 Å². The smallest absolute Gasteiger partial charge is 0.433 e. The second-order valence-electron chi connectivity index (χ2n) is 3.88. The largest absolute Gasteiger partial charge is 0.448 e. The number of ether oxygens (including phenoxy) is 1. The molecule has 1 amide bonds. The van der Waals surface area contributed by atoms with Gasteiger partial charge >= 0.3 is 6.09 Å². The van der Waals surface area contributed by atoms with Gasteiger partial charge in [-0.3, -0.25) is 4.84 Å². The first-order valence-electron chi connectivity index (χ1n) is 6.58. The Bertz CT molecular complexity index is 203. The SMILES string of the molecule is CCOC(=O)N(CCCCCCO)OCCNC. The van der Waals surface area contributed by atoms with Crippen LogP contribution in [0.5, 0.6) is 0 Å². The van der Waals surface area contributed by atoms with Crippen LogP contribution in [0, 0.1) is 0 Å². The van der Waals surface area contributed by atoms with Crippen LogP contribution in [0.2, 0.25) is 0 Å². The molecular weight excluding hydrogens is 236 g/mol. The summed E-state index contributed by atoms with van der Waals surface area (Å²) in [6, 6.07) is 0. The Morgan fingerprint density at radius 2 is 2.00 bits per heavy atom. The van der Waals surface area contributed by atoms with Crippen molar-refractivity contribution in [3.63, 3.8) is 0 Å². The third-order valence-electron chi connectivity index (χ3n) is 2.34. The first-order valence-corrected chi connectivity index (χ1v) is 6.58. The van der Waals surface area contributed by atoms with Gasteiger partial charge in [0.15, 0.2) is 0 Å². The van der Waals surface area contributed by atoms with E-state index in [1.807, 2.05) is 7.05 Å². The van der Waals surface area contributed by atoms with Crippen LogP contribution in [0.25, 0.3) is 0 Å². The van der Waals surface area contributed by atoms with Crippen molar-refractivity contribution in [2.45, 2.75) is 32.6 Å². The Labute approximate surface area is 109 Å². The number of rotatable bonds is 11. The molecule has 0 aliphatic rings. The molecule has 0 rings (SSSR count). The van der Waals surface area contributed by atoms with E-state index in [9.17, 15) is 4.79 Å². The summed E-state index contributed by atoms with van der Waals surface area (Å²) in [5.41, 5.74) is 0. The predicted molar refractivity (Wildman–Crippen MR) is 69.2 cm³/mol. The number of hydrogen-bond acceptors (Lipinski definition) is 5. The van der Waals surface area contributed by atoms with Gasteiger partial charge in [-0.15, -0.1) is 0 Å². The highest BCUT2D eigenvalue weighted by Gasteiger charge is 2.14. The number of hydrogen-bond donors (Lipinski definition) is 2. The van der Waals surface area contributed by atoms with Gasteiger partial charge in [-0.25, -0.2) is 4.79 Å². The molecule has 0 aliphatic carbocycles. The molecule has 18 heavy (non-hydrogen) atoms. The highest BCUT2D eigenvalue weighted by atomic mass is 16.7. The fraction of sp³-hybridized carbons (Fsp3) is 0.917. The van der Waals surface area contributed by atoms with E-state index >= 15 is 0 Å². The Balaban J connectivity index is 3.84. The van der Waals surface area contributed by atoms with Gasteiger partial charge in [-0.2, -0.15) is 5.06 Å². The molecule has 0 fully saturated rings. The van der Waals surface area contributed by atoms with Crippen LogP contribution in [-0.2, 0) is 9.57 Å². The third kappa shape index (κ3) is 9.21. The second kappa shape index (κ2) is 12.6. The monoisotopic (exact) mass is 262 g/mol. The van der Waals surface area contributed by atoms with E-state index < -0.39 is 6.09 Å². The molecule has 0 aromatic carbocycles. The van der Waals surface area contributed by atoms with Crippen molar-refractivity contribution >= 4 is 6.09 Å². The number of aliphatic hydroxyl groups excluding tert-OH is 1. The normalized spacial score (nSPS) is 10.4. The van der Waals surface area contributed by atoms with Crippen LogP contribution in [0.3, 0.4) is 0 Å². The predicted octanol–water partition coefficient (Wildman–Crippen LogP) is 1.15. The lowest BCUT2D eigenvalue weighted by Gasteiger charge is -2.20. The summed E-state index contributed by atoms with van der Waals surface area (Å²) in [4.78, 5) is 16.9. The van der Waals surface area contributed by atoms with Crippen LogP contribution in [0.15, 0.2) is 0 Å². The molecule has 0 aromatic heterocycles. The minimum Gasteiger partial charge on any atom is -0.448 e. The van der Waals surface area contributed by atoms with Gasteiger partial charge < -0.3 is 15.2 Å². The summed E-state index contributed by atoms with van der Waals surface area (Å²) >= 11 is 0. The maximum Gasteiger partial charge on any atom is 0.433 e. The number of nitrogens with one attached hydrogen (secondary N) is 1. The quantitative estimate of drug-likeness (QED) is 0.432. The van der Waals surface area contributed by atoms with Crippen LogP contribution in [0.4, 0.5) is 4.79 Å². The van der Waals surface area contributed by atoms with Gasteiger partial charge in [-0.1, -0.05) is 12.8 Å². The van der Waals surface area contributed by atoms with Gasteiger partial charge in [0, 0.05) is 13.2 Å². The highest BCUT2D eigenvalue weighted by Crippen LogP contribution is 2.04. The van der Waals surface area contributed by atoms with Gasteiger partial charge in [0.2, 0.25) is 0 Å². The average molecular weight is 262 g/mol. The molecule has 0 spiro atoms. The number of nitrogens with zero attached hydrogens (tertiary/aromatic N) is 1. The number of aliphatic hydroxyl groups is 1. The molecule has 0 aliphatic heterocycles. The molecule has 0 bridgehead atoms. The lowest BCUT2D eigenvalue weighted by Crippen LogP contribution is -2.34. The zero-order valence-electron chi connectivity index (χ0n) is 11.5. The zero-order valence-corrected chi connectivity index (χ0v) is 11.5. The maximum absolute atomic E-state index is 11.6. The number of hydroxylamine groups is 2. The number of carbonyl (C=O) groups excluding carboxylic acids is 1. The highest BCUT2D eigenvalue weighted by molar-refractivity contribution is 5.66. The molecule has 0 atom stereocenters. The Morgan fingerprint density at radius 3 is 2.61 bits per heavy atom. The van der Waals surface area contributed by atoms with E-state index in [1.54, 1.807) is 6.92 Å². The van der Waals surface area contributed by atoms with Crippen molar-refractivity contribution in [1.29, 1.82) is 0 Å². The molecule has 0 unspecified atom stereocenters. The lowest BCUT2D eigenvalue weighted by molar-refractivity contribution is -0.135. The summed E-state index contributed by atoms with van der Waals surface area (Å²) in [7, 11) is 1.83. The van der Waals surface area contributed by atoms with Crippen molar-refractivity contribution in [3.05, 3.63) is 0 Å². The summed E-state index contributed by atoms with van der Waals surface area (Å²) in [6.45, 7) is 3.97. The molecule has 0 saturated carbocycles. The molecule has 2 N–H and O–H groups in total. The summed E-state index contributed by atoms with van der Waals surface area (Å²) in [6.07, 6.45) is 3.14. The van der Waals surface area contributed by atoms with Crippen molar-refractivity contribution in [3.8, 4) is 0 Å². The number of carbonyl (C=O) groups is 1. The minimum absolute atomic E-state index is 0.222. The maximum atomic E-state index is 11.6. The lowest BCUT2D eigenvalue weighted by atomic mass is 10.2. The standard InChI is InChI=1S/C12H26N2O4/c1-3-17-12(16)14(18-11-8-13-2)9-6-4-5-7-10-15/h13,15H,3-11H2,1-2H3. The number of amides is 1. The molecule has 6 heteroatoms. The van der Waals surface area contributed by atoms with E-state index in [1.165, 1.54) is 5.06 Å². The fourth-order valence-corrected chi connectivity index (χ4v) is 1.38. The number of unbranched alkanes of at least 4 members (excludes halogenated alkanes) is 3. The average Bonchev–Trinajstić information content (AvgIpc) is 2.37. The Kier molecular flexibility index (Phi) is 12.0. The summed E-state index contributed by atoms with van der Waals surface area (Å²) < 4.78 is 4.91. The van der Waals surface area contributed by atoms with Gasteiger partial charge in [0.1, 0.15) is 0 Å². The van der Waals surface area contributed by atoms with Gasteiger partial charge in [-0.05, 0) is 26.8 Å².